The van der Waals surface area contributed by atoms with E-state index in [0.717, 1.165) is 11.1 Å². The predicted octanol–water partition coefficient (Wildman–Crippen LogP) is 3.89. The Bertz CT molecular complexity index is 1060. The highest BCUT2D eigenvalue weighted by Crippen LogP contribution is 2.44. The van der Waals surface area contributed by atoms with Crippen LogP contribution in [-0.4, -0.2) is 18.4 Å². The number of carbonyl (C=O) groups excluding carboxylic acids is 2. The van der Waals surface area contributed by atoms with Crippen LogP contribution in [0.1, 0.15) is 17.0 Å². The highest BCUT2D eigenvalue weighted by Gasteiger charge is 2.32. The minimum absolute atomic E-state index is 0.00561. The van der Waals surface area contributed by atoms with Crippen LogP contribution < -0.4 is 20.1 Å². The molecule has 2 N–H and O–H groups in total. The monoisotopic (exact) mass is 372 g/mol. The molecule has 5 rings (SSSR count). The summed E-state index contributed by atoms with van der Waals surface area (Å²) in [5, 5.41) is 5.71. The molecule has 0 atom stereocenters. The van der Waals surface area contributed by atoms with Crippen molar-refractivity contribution in [3.8, 4) is 17.2 Å². The zero-order chi connectivity index (χ0) is 19.1. The average molecular weight is 372 g/mol. The van der Waals surface area contributed by atoms with Crippen LogP contribution in [0.4, 0.5) is 11.4 Å². The Hall–Kier alpha value is -3.80. The minimum atomic E-state index is -0.497. The third kappa shape index (κ3) is 2.75. The maximum absolute atomic E-state index is 13.2. The number of rotatable bonds is 2. The van der Waals surface area contributed by atoms with Crippen molar-refractivity contribution in [1.82, 2.24) is 0 Å². The quantitative estimate of drug-likeness (QED) is 0.715. The summed E-state index contributed by atoms with van der Waals surface area (Å²) >= 11 is 0. The van der Waals surface area contributed by atoms with E-state index in [2.05, 4.69) is 10.6 Å². The molecule has 2 aliphatic rings. The Morgan fingerprint density at radius 3 is 2.32 bits per heavy atom. The smallest absolute Gasteiger partial charge is 0.262 e. The van der Waals surface area contributed by atoms with Gasteiger partial charge in [-0.3, -0.25) is 9.59 Å². The first kappa shape index (κ1) is 16.4. The Labute approximate surface area is 161 Å². The third-order valence-electron chi connectivity index (χ3n) is 4.82. The van der Waals surface area contributed by atoms with Gasteiger partial charge < -0.3 is 20.1 Å². The summed E-state index contributed by atoms with van der Waals surface area (Å²) in [6.45, 7) is -0.00561. The fraction of sp³-hybridized carbons (Fsp3) is 0.0909. The first-order valence-corrected chi connectivity index (χ1v) is 8.92. The van der Waals surface area contributed by atoms with Crippen molar-refractivity contribution in [2.45, 2.75) is 5.92 Å². The van der Waals surface area contributed by atoms with Crippen molar-refractivity contribution in [2.24, 2.45) is 0 Å². The number of ether oxygens (including phenoxy) is 2. The summed E-state index contributed by atoms with van der Waals surface area (Å²) in [6, 6.07) is 20.2. The molecule has 3 aromatic carbocycles. The lowest BCUT2D eigenvalue weighted by molar-refractivity contribution is -0.118. The van der Waals surface area contributed by atoms with Gasteiger partial charge in [-0.25, -0.2) is 0 Å². The average Bonchev–Trinajstić information content (AvgIpc) is 2.71. The van der Waals surface area contributed by atoms with E-state index in [1.54, 1.807) is 18.2 Å². The van der Waals surface area contributed by atoms with Crippen LogP contribution in [0.25, 0.3) is 0 Å². The number of fused-ring (bicyclic) bond motifs is 3. The van der Waals surface area contributed by atoms with Gasteiger partial charge in [0.05, 0.1) is 11.6 Å². The van der Waals surface area contributed by atoms with Crippen LogP contribution in [0.5, 0.6) is 17.2 Å². The van der Waals surface area contributed by atoms with Crippen LogP contribution >= 0.6 is 0 Å². The number of hydrogen-bond acceptors (Lipinski definition) is 4. The van der Waals surface area contributed by atoms with Gasteiger partial charge >= 0.3 is 0 Å². The number of amides is 2. The molecule has 6 nitrogen and oxygen atoms in total. The fourth-order valence-electron chi connectivity index (χ4n) is 3.57. The fourth-order valence-corrected chi connectivity index (χ4v) is 3.57. The molecule has 0 saturated heterocycles. The van der Waals surface area contributed by atoms with Gasteiger partial charge in [0.1, 0.15) is 17.2 Å². The standard InChI is InChI=1S/C22H16N2O4/c25-20-12-27-19-10-9-13(11-16(19)24-20)23-22(26)21-14-5-1-3-7-17(14)28-18-8-4-2-6-15(18)21/h1-11,21H,12H2,(H,23,26)(H,24,25). The Balaban J connectivity index is 1.49. The molecule has 0 spiro atoms. The highest BCUT2D eigenvalue weighted by atomic mass is 16.5. The normalized spacial score (nSPS) is 14.5. The molecule has 0 unspecified atom stereocenters. The van der Waals surface area contributed by atoms with E-state index in [4.69, 9.17) is 9.47 Å². The van der Waals surface area contributed by atoms with E-state index in [0.29, 0.717) is 28.6 Å². The third-order valence-corrected chi connectivity index (χ3v) is 4.82. The summed E-state index contributed by atoms with van der Waals surface area (Å²) in [4.78, 5) is 24.8. The van der Waals surface area contributed by atoms with Crippen molar-refractivity contribution in [3.63, 3.8) is 0 Å². The van der Waals surface area contributed by atoms with Gasteiger partial charge in [0.15, 0.2) is 6.61 Å². The van der Waals surface area contributed by atoms with Crippen molar-refractivity contribution < 1.29 is 19.1 Å². The molecule has 0 aromatic heterocycles. The van der Waals surface area contributed by atoms with Gasteiger partial charge in [-0.2, -0.15) is 0 Å². The van der Waals surface area contributed by atoms with E-state index in [1.165, 1.54) is 0 Å². The van der Waals surface area contributed by atoms with Crippen molar-refractivity contribution in [1.29, 1.82) is 0 Å². The molecule has 3 aromatic rings. The van der Waals surface area contributed by atoms with E-state index in [-0.39, 0.29) is 18.4 Å². The van der Waals surface area contributed by atoms with Gasteiger partial charge in [-0.15, -0.1) is 0 Å². The molecule has 28 heavy (non-hydrogen) atoms. The molecule has 2 aliphatic heterocycles. The topological polar surface area (TPSA) is 76.7 Å². The Kier molecular flexibility index (Phi) is 3.76. The summed E-state index contributed by atoms with van der Waals surface area (Å²) in [6.07, 6.45) is 0. The number of anilines is 2. The largest absolute Gasteiger partial charge is 0.482 e. The van der Waals surface area contributed by atoms with Crippen LogP contribution in [0.2, 0.25) is 0 Å². The van der Waals surface area contributed by atoms with Crippen molar-refractivity contribution in [3.05, 3.63) is 77.9 Å². The maximum atomic E-state index is 13.2. The van der Waals surface area contributed by atoms with E-state index in [9.17, 15) is 9.59 Å². The Morgan fingerprint density at radius 1 is 0.929 bits per heavy atom. The lowest BCUT2D eigenvalue weighted by Crippen LogP contribution is -2.26. The molecule has 0 saturated carbocycles. The number of hydrogen-bond donors (Lipinski definition) is 2. The molecule has 6 heteroatoms. The molecular formula is C22H16N2O4. The van der Waals surface area contributed by atoms with E-state index < -0.39 is 5.92 Å². The second-order valence-corrected chi connectivity index (χ2v) is 6.65. The molecule has 0 radical (unpaired) electrons. The second-order valence-electron chi connectivity index (χ2n) is 6.65. The maximum Gasteiger partial charge on any atom is 0.262 e. The summed E-state index contributed by atoms with van der Waals surface area (Å²) in [5.74, 6) is 1.04. The lowest BCUT2D eigenvalue weighted by Gasteiger charge is -2.27. The minimum Gasteiger partial charge on any atom is -0.482 e. The molecule has 0 bridgehead atoms. The molecule has 0 aliphatic carbocycles. The second kappa shape index (κ2) is 6.42. The van der Waals surface area contributed by atoms with Crippen LogP contribution in [0, 0.1) is 0 Å². The van der Waals surface area contributed by atoms with E-state index in [1.807, 2.05) is 48.5 Å². The van der Waals surface area contributed by atoms with E-state index >= 15 is 0 Å². The molecule has 0 fully saturated rings. The highest BCUT2D eigenvalue weighted by molar-refractivity contribution is 6.01. The zero-order valence-corrected chi connectivity index (χ0v) is 14.8. The zero-order valence-electron chi connectivity index (χ0n) is 14.8. The number of benzene rings is 3. The van der Waals surface area contributed by atoms with Gasteiger partial charge in [0, 0.05) is 16.8 Å². The van der Waals surface area contributed by atoms with Crippen molar-refractivity contribution in [2.75, 3.05) is 17.2 Å². The number of para-hydroxylation sites is 2. The molecule has 2 amide bonds. The lowest BCUT2D eigenvalue weighted by atomic mass is 9.87. The van der Waals surface area contributed by atoms with Gasteiger partial charge in [0.2, 0.25) is 5.91 Å². The summed E-state index contributed by atoms with van der Waals surface area (Å²) in [7, 11) is 0. The van der Waals surface area contributed by atoms with Crippen LogP contribution in [-0.2, 0) is 9.59 Å². The van der Waals surface area contributed by atoms with Crippen LogP contribution in [0.15, 0.2) is 66.7 Å². The summed E-state index contributed by atoms with van der Waals surface area (Å²) in [5.41, 5.74) is 2.75. The van der Waals surface area contributed by atoms with Gasteiger partial charge in [0.25, 0.3) is 5.91 Å². The molecule has 2 heterocycles. The molecule has 138 valence electrons. The predicted molar refractivity (Wildman–Crippen MR) is 104 cm³/mol. The Morgan fingerprint density at radius 2 is 1.61 bits per heavy atom. The SMILES string of the molecule is O=C1COc2ccc(NC(=O)C3c4ccccc4Oc4ccccc43)cc2N1. The number of nitrogens with one attached hydrogen (secondary N) is 2. The van der Waals surface area contributed by atoms with Crippen molar-refractivity contribution >= 4 is 23.2 Å². The molecular weight excluding hydrogens is 356 g/mol. The first-order valence-electron chi connectivity index (χ1n) is 8.92. The van der Waals surface area contributed by atoms with Crippen LogP contribution in [0.3, 0.4) is 0 Å². The first-order chi connectivity index (χ1) is 13.7. The van der Waals surface area contributed by atoms with Gasteiger partial charge in [-0.05, 0) is 30.3 Å². The number of carbonyl (C=O) groups is 2. The van der Waals surface area contributed by atoms with Gasteiger partial charge in [-0.1, -0.05) is 36.4 Å². The summed E-state index contributed by atoms with van der Waals surface area (Å²) < 4.78 is 11.3.